The molecule has 0 aliphatic carbocycles. The summed E-state index contributed by atoms with van der Waals surface area (Å²) >= 11 is 0. The molecule has 2 rings (SSSR count). The Morgan fingerprint density at radius 3 is 2.58 bits per heavy atom. The molecule has 2 heterocycles. The van der Waals surface area contributed by atoms with Gasteiger partial charge in [0.25, 0.3) is 0 Å². The second-order valence-corrected chi connectivity index (χ2v) is 2.40. The summed E-state index contributed by atoms with van der Waals surface area (Å²) in [4.78, 5) is 7.51. The predicted octanol–water partition coefficient (Wildman–Crippen LogP) is 0.526. The molecule has 62 valence electrons. The van der Waals surface area contributed by atoms with Crippen LogP contribution in [0.4, 0.5) is 0 Å². The summed E-state index contributed by atoms with van der Waals surface area (Å²) in [5, 5.41) is 0. The highest BCUT2D eigenvalue weighted by Gasteiger charge is 2.16. The lowest BCUT2D eigenvalue weighted by Gasteiger charge is -2.22. The largest absolute Gasteiger partial charge is 0.348 e. The summed E-state index contributed by atoms with van der Waals surface area (Å²) in [7, 11) is 0. The molecule has 0 unspecified atom stereocenters. The molecular weight excluding hydrogens is 156 g/mol. The molecule has 0 amide bonds. The van der Waals surface area contributed by atoms with E-state index in [-0.39, 0.29) is 6.29 Å². The van der Waals surface area contributed by atoms with Crippen molar-refractivity contribution in [3.05, 3.63) is 30.7 Å². The van der Waals surface area contributed by atoms with E-state index in [0.717, 1.165) is 5.56 Å². The van der Waals surface area contributed by atoms with Crippen LogP contribution in [0, 0.1) is 12.7 Å². The second-order valence-electron chi connectivity index (χ2n) is 2.40. The van der Waals surface area contributed by atoms with Gasteiger partial charge < -0.3 is 9.47 Å². The zero-order valence-corrected chi connectivity index (χ0v) is 6.43. The third-order valence-electron chi connectivity index (χ3n) is 1.55. The van der Waals surface area contributed by atoms with Crippen LogP contribution in [0.25, 0.3) is 0 Å². The first-order valence-corrected chi connectivity index (χ1v) is 3.69. The molecular formula is C8H8N2O2. The quantitative estimate of drug-likeness (QED) is 0.607. The molecule has 12 heavy (non-hydrogen) atoms. The van der Waals surface area contributed by atoms with Crippen molar-refractivity contribution in [2.45, 2.75) is 6.29 Å². The minimum absolute atomic E-state index is 0.315. The van der Waals surface area contributed by atoms with Crippen molar-refractivity contribution in [1.82, 2.24) is 9.97 Å². The normalized spacial score (nSPS) is 19.3. The first-order valence-electron chi connectivity index (χ1n) is 3.69. The Morgan fingerprint density at radius 1 is 1.25 bits per heavy atom. The van der Waals surface area contributed by atoms with Crippen LogP contribution in [0.3, 0.4) is 0 Å². The van der Waals surface area contributed by atoms with Gasteiger partial charge in [-0.3, -0.25) is 0 Å². The standard InChI is InChI=1S/C8H8N2O2/c1-2-11-8(12-3-1)7-4-9-6-10-5-7/h1,4-5,8H,2-3H2. The maximum atomic E-state index is 5.29. The van der Waals surface area contributed by atoms with Gasteiger partial charge in [-0.05, 0) is 0 Å². The predicted molar refractivity (Wildman–Crippen MR) is 39.8 cm³/mol. The van der Waals surface area contributed by atoms with Crippen molar-refractivity contribution in [3.8, 4) is 0 Å². The second kappa shape index (κ2) is 3.60. The Morgan fingerprint density at radius 2 is 1.92 bits per heavy atom. The van der Waals surface area contributed by atoms with E-state index in [1.54, 1.807) is 12.4 Å². The third kappa shape index (κ3) is 1.60. The van der Waals surface area contributed by atoms with Gasteiger partial charge >= 0.3 is 0 Å². The molecule has 0 N–H and O–H groups in total. The number of aromatic nitrogens is 2. The maximum absolute atomic E-state index is 5.29. The molecule has 0 bridgehead atoms. The van der Waals surface area contributed by atoms with Gasteiger partial charge in [0, 0.05) is 24.4 Å². The van der Waals surface area contributed by atoms with Crippen molar-refractivity contribution in [1.29, 1.82) is 0 Å². The van der Waals surface area contributed by atoms with Gasteiger partial charge in [0.15, 0.2) is 12.6 Å². The van der Waals surface area contributed by atoms with Crippen molar-refractivity contribution >= 4 is 0 Å². The summed E-state index contributed by atoms with van der Waals surface area (Å²) in [6.07, 6.45) is 7.34. The van der Waals surface area contributed by atoms with E-state index >= 15 is 0 Å². The highest BCUT2D eigenvalue weighted by Crippen LogP contribution is 2.20. The zero-order valence-electron chi connectivity index (χ0n) is 6.43. The van der Waals surface area contributed by atoms with Crippen LogP contribution in [0.5, 0.6) is 0 Å². The van der Waals surface area contributed by atoms with E-state index in [4.69, 9.17) is 9.47 Å². The molecule has 0 spiro atoms. The topological polar surface area (TPSA) is 44.2 Å². The lowest BCUT2D eigenvalue weighted by atomic mass is 10.3. The summed E-state index contributed by atoms with van der Waals surface area (Å²) in [5.74, 6) is 0. The number of nitrogens with zero attached hydrogens (tertiary/aromatic N) is 2. The Kier molecular flexibility index (Phi) is 2.29. The van der Waals surface area contributed by atoms with E-state index in [0.29, 0.717) is 13.2 Å². The van der Waals surface area contributed by atoms with Gasteiger partial charge in [-0.1, -0.05) is 0 Å². The van der Waals surface area contributed by atoms with Crippen LogP contribution >= 0.6 is 0 Å². The minimum atomic E-state index is -0.315. The summed E-state index contributed by atoms with van der Waals surface area (Å²) in [6.45, 7) is 1.23. The van der Waals surface area contributed by atoms with Crippen molar-refractivity contribution in [3.63, 3.8) is 0 Å². The van der Waals surface area contributed by atoms with E-state index < -0.39 is 0 Å². The summed E-state index contributed by atoms with van der Waals surface area (Å²) in [6, 6.07) is 0. The molecule has 2 radical (unpaired) electrons. The minimum Gasteiger partial charge on any atom is -0.348 e. The fourth-order valence-electron chi connectivity index (χ4n) is 0.995. The van der Waals surface area contributed by atoms with Gasteiger partial charge in [0.1, 0.15) is 0 Å². The fraction of sp³-hybridized carbons (Fsp3) is 0.375. The van der Waals surface area contributed by atoms with Crippen LogP contribution in [-0.4, -0.2) is 23.2 Å². The average Bonchev–Trinajstić information content (AvgIpc) is 2.21. The van der Waals surface area contributed by atoms with Gasteiger partial charge in [-0.25, -0.2) is 9.97 Å². The number of rotatable bonds is 1. The molecule has 0 saturated carbocycles. The molecule has 0 aromatic carbocycles. The fourth-order valence-corrected chi connectivity index (χ4v) is 0.995. The van der Waals surface area contributed by atoms with Crippen LogP contribution < -0.4 is 0 Å². The van der Waals surface area contributed by atoms with Crippen LogP contribution in [-0.2, 0) is 9.47 Å². The van der Waals surface area contributed by atoms with E-state index in [1.807, 2.05) is 6.42 Å². The first-order chi connectivity index (χ1) is 5.97. The van der Waals surface area contributed by atoms with Crippen molar-refractivity contribution in [2.75, 3.05) is 13.2 Å². The molecule has 1 aliphatic rings. The van der Waals surface area contributed by atoms with Crippen LogP contribution in [0.2, 0.25) is 0 Å². The number of hydrogen-bond acceptors (Lipinski definition) is 4. The van der Waals surface area contributed by atoms with E-state index in [1.165, 1.54) is 0 Å². The molecule has 1 aromatic heterocycles. The lowest BCUT2D eigenvalue weighted by molar-refractivity contribution is -0.163. The molecule has 4 heteroatoms. The third-order valence-corrected chi connectivity index (χ3v) is 1.55. The highest BCUT2D eigenvalue weighted by molar-refractivity contribution is 5.04. The monoisotopic (exact) mass is 164 g/mol. The van der Waals surface area contributed by atoms with Crippen molar-refractivity contribution in [2.24, 2.45) is 0 Å². The van der Waals surface area contributed by atoms with Crippen LogP contribution in [0.15, 0.2) is 12.4 Å². The molecule has 4 nitrogen and oxygen atoms in total. The first kappa shape index (κ1) is 7.64. The van der Waals surface area contributed by atoms with Crippen LogP contribution in [0.1, 0.15) is 11.9 Å². The number of ether oxygens (including phenoxy) is 2. The lowest BCUT2D eigenvalue weighted by Crippen LogP contribution is -2.18. The van der Waals surface area contributed by atoms with Gasteiger partial charge in [0.2, 0.25) is 0 Å². The van der Waals surface area contributed by atoms with Gasteiger partial charge in [-0.2, -0.15) is 0 Å². The van der Waals surface area contributed by atoms with E-state index in [9.17, 15) is 0 Å². The zero-order chi connectivity index (χ0) is 8.23. The SMILES string of the molecule is [c]1ncc(C2OC[CH]CO2)cn1. The van der Waals surface area contributed by atoms with Crippen molar-refractivity contribution < 1.29 is 9.47 Å². The molecule has 1 fully saturated rings. The Labute approximate surface area is 70.6 Å². The molecule has 0 atom stereocenters. The number of hydrogen-bond donors (Lipinski definition) is 0. The molecule has 1 saturated heterocycles. The Hall–Kier alpha value is -1.00. The van der Waals surface area contributed by atoms with E-state index in [2.05, 4.69) is 16.3 Å². The highest BCUT2D eigenvalue weighted by atomic mass is 16.7. The Bertz CT molecular complexity index is 234. The summed E-state index contributed by atoms with van der Waals surface area (Å²) < 4.78 is 10.6. The molecule has 1 aliphatic heterocycles. The van der Waals surface area contributed by atoms with Gasteiger partial charge in [0.05, 0.1) is 13.2 Å². The average molecular weight is 164 g/mol. The Balaban J connectivity index is 2.08. The maximum Gasteiger partial charge on any atom is 0.197 e. The smallest absolute Gasteiger partial charge is 0.197 e. The summed E-state index contributed by atoms with van der Waals surface area (Å²) in [5.41, 5.74) is 0.835. The van der Waals surface area contributed by atoms with Gasteiger partial charge in [-0.15, -0.1) is 0 Å². The molecule has 1 aromatic rings.